The Labute approximate surface area is 254 Å². The smallest absolute Gasteiger partial charge is 0.265 e. The van der Waals surface area contributed by atoms with Gasteiger partial charge in [-0.3, -0.25) is 14.0 Å². The zero-order chi connectivity index (χ0) is 31.2. The number of sulfonamides is 1. The number of ether oxygens (including phenoxy) is 1. The van der Waals surface area contributed by atoms with Crippen LogP contribution in [-0.2, 0) is 27.8 Å². The average Bonchev–Trinajstić information content (AvgIpc) is 3.43. The minimum Gasteiger partial charge on any atom is -0.493 e. The van der Waals surface area contributed by atoms with Crippen molar-refractivity contribution in [2.45, 2.75) is 90.9 Å². The number of nitrogens with zero attached hydrogens (tertiary/aromatic N) is 5. The number of fused-ring (bicyclic) bond motifs is 1. The third-order valence-corrected chi connectivity index (χ3v) is 11.3. The predicted octanol–water partition coefficient (Wildman–Crippen LogP) is 4.24. The van der Waals surface area contributed by atoms with Gasteiger partial charge < -0.3 is 10.1 Å². The summed E-state index contributed by atoms with van der Waals surface area (Å²) >= 11 is 0. The molecule has 2 aromatic carbocycles. The maximum Gasteiger partial charge on any atom is 0.265 e. The van der Waals surface area contributed by atoms with Gasteiger partial charge in [0.05, 0.1) is 23.2 Å². The topological polar surface area (TPSA) is 110 Å². The molecule has 230 valence electrons. The van der Waals surface area contributed by atoms with E-state index in [-0.39, 0.29) is 17.4 Å². The molecule has 2 atom stereocenters. The van der Waals surface area contributed by atoms with E-state index in [1.165, 1.54) is 22.3 Å². The van der Waals surface area contributed by atoms with Crippen molar-refractivity contribution < 1.29 is 17.9 Å². The number of nitrogens with one attached hydrogen (secondary N) is 1. The molecule has 0 saturated heterocycles. The third-order valence-electron chi connectivity index (χ3n) is 9.20. The standard InChI is InChI=1S/C32H42N6O4S/c1-19(2)36(8)17-25-9-10-27-28(11-14-42-30(27)15-25)37-18-26(34-35-37)16-29-32(39)33-12-13-38(29)43(40,41)31-23(6)21(4)20(3)22(5)24(31)7/h9-10,12-13,15,18-19,28-29H,11,14,16-17H2,1-8H3,(H,33,39). The van der Waals surface area contributed by atoms with Gasteiger partial charge in [-0.25, -0.2) is 13.1 Å². The van der Waals surface area contributed by atoms with Crippen molar-refractivity contribution in [3.63, 3.8) is 0 Å². The SMILES string of the molecule is Cc1c(C)c(C)c(S(=O)(=O)N2C=CNC(=O)C2Cc2cn(C3CCOc4cc(CN(C)C(C)C)ccc43)nn2)c(C)c1C. The van der Waals surface area contributed by atoms with Crippen molar-refractivity contribution in [1.29, 1.82) is 0 Å². The first kappa shape index (κ1) is 30.7. The van der Waals surface area contributed by atoms with E-state index in [1.54, 1.807) is 4.68 Å². The summed E-state index contributed by atoms with van der Waals surface area (Å²) in [5.41, 5.74) is 7.06. The first-order valence-electron chi connectivity index (χ1n) is 14.7. The minimum atomic E-state index is -4.05. The van der Waals surface area contributed by atoms with E-state index in [1.807, 2.05) is 40.8 Å². The molecule has 0 spiro atoms. The fraction of sp³-hybridized carbons (Fsp3) is 0.469. The zero-order valence-electron chi connectivity index (χ0n) is 26.3. The van der Waals surface area contributed by atoms with Gasteiger partial charge in [-0.05, 0) is 95.0 Å². The Kier molecular flexibility index (Phi) is 8.41. The van der Waals surface area contributed by atoms with Crippen LogP contribution in [0.15, 0.2) is 41.7 Å². The molecule has 2 unspecified atom stereocenters. The predicted molar refractivity (Wildman–Crippen MR) is 165 cm³/mol. The largest absolute Gasteiger partial charge is 0.493 e. The van der Waals surface area contributed by atoms with Crippen molar-refractivity contribution >= 4 is 15.9 Å². The van der Waals surface area contributed by atoms with Crippen LogP contribution in [0.5, 0.6) is 5.75 Å². The Morgan fingerprint density at radius 1 is 1.07 bits per heavy atom. The number of hydrogen-bond acceptors (Lipinski definition) is 7. The van der Waals surface area contributed by atoms with Crippen molar-refractivity contribution in [2.75, 3.05) is 13.7 Å². The van der Waals surface area contributed by atoms with Crippen LogP contribution in [0.2, 0.25) is 0 Å². The summed E-state index contributed by atoms with van der Waals surface area (Å²) in [4.78, 5) is 15.6. The summed E-state index contributed by atoms with van der Waals surface area (Å²) in [5.74, 6) is 0.429. The maximum absolute atomic E-state index is 14.1. The highest BCUT2D eigenvalue weighted by atomic mass is 32.2. The van der Waals surface area contributed by atoms with E-state index in [4.69, 9.17) is 4.74 Å². The summed E-state index contributed by atoms with van der Waals surface area (Å²) in [5, 5.41) is 11.5. The summed E-state index contributed by atoms with van der Waals surface area (Å²) in [7, 11) is -1.95. The molecular formula is C32H42N6O4S. The Hall–Kier alpha value is -3.70. The number of benzene rings is 2. The first-order valence-corrected chi connectivity index (χ1v) is 16.2. The van der Waals surface area contributed by atoms with Crippen LogP contribution in [0.1, 0.15) is 70.9 Å². The Morgan fingerprint density at radius 2 is 1.74 bits per heavy atom. The lowest BCUT2D eigenvalue weighted by Crippen LogP contribution is -2.50. The van der Waals surface area contributed by atoms with Crippen LogP contribution in [0, 0.1) is 34.6 Å². The molecule has 1 N–H and O–H groups in total. The molecule has 11 heteroatoms. The van der Waals surface area contributed by atoms with Gasteiger partial charge in [0.1, 0.15) is 11.8 Å². The molecule has 3 heterocycles. The van der Waals surface area contributed by atoms with Gasteiger partial charge >= 0.3 is 0 Å². The molecule has 2 aliphatic rings. The number of carbonyl (C=O) groups excluding carboxylic acids is 1. The molecule has 3 aromatic rings. The van der Waals surface area contributed by atoms with Crippen LogP contribution in [-0.4, -0.2) is 64.3 Å². The normalized spacial score (nSPS) is 18.7. The molecule has 0 aliphatic carbocycles. The summed E-state index contributed by atoms with van der Waals surface area (Å²) < 4.78 is 37.3. The summed E-state index contributed by atoms with van der Waals surface area (Å²) in [6.45, 7) is 15.2. The monoisotopic (exact) mass is 606 g/mol. The van der Waals surface area contributed by atoms with Gasteiger partial charge in [-0.1, -0.05) is 17.3 Å². The van der Waals surface area contributed by atoms with Crippen molar-refractivity contribution in [1.82, 2.24) is 29.5 Å². The van der Waals surface area contributed by atoms with Crippen LogP contribution in [0.25, 0.3) is 0 Å². The third kappa shape index (κ3) is 5.68. The molecule has 0 bridgehead atoms. The van der Waals surface area contributed by atoms with E-state index < -0.39 is 22.0 Å². The molecule has 0 fully saturated rings. The van der Waals surface area contributed by atoms with Crippen LogP contribution in [0.4, 0.5) is 0 Å². The molecule has 0 saturated carbocycles. The highest BCUT2D eigenvalue weighted by molar-refractivity contribution is 7.89. The van der Waals surface area contributed by atoms with Crippen LogP contribution < -0.4 is 10.1 Å². The van der Waals surface area contributed by atoms with Crippen molar-refractivity contribution in [3.05, 3.63) is 81.4 Å². The van der Waals surface area contributed by atoms with E-state index in [2.05, 4.69) is 59.6 Å². The lowest BCUT2D eigenvalue weighted by Gasteiger charge is -2.32. The van der Waals surface area contributed by atoms with Gasteiger partial charge in [0, 0.05) is 49.6 Å². The summed E-state index contributed by atoms with van der Waals surface area (Å²) in [6, 6.07) is 5.65. The lowest BCUT2D eigenvalue weighted by atomic mass is 9.95. The fourth-order valence-corrected chi connectivity index (χ4v) is 7.93. The number of rotatable bonds is 8. The highest BCUT2D eigenvalue weighted by Gasteiger charge is 2.38. The zero-order valence-corrected chi connectivity index (χ0v) is 27.1. The van der Waals surface area contributed by atoms with Gasteiger partial charge in [0.15, 0.2) is 0 Å². The van der Waals surface area contributed by atoms with E-state index >= 15 is 0 Å². The van der Waals surface area contributed by atoms with Crippen molar-refractivity contribution in [2.24, 2.45) is 0 Å². The molecule has 0 radical (unpaired) electrons. The first-order chi connectivity index (χ1) is 20.3. The fourth-order valence-electron chi connectivity index (χ4n) is 5.91. The number of amides is 1. The number of hydrogen-bond donors (Lipinski definition) is 1. The van der Waals surface area contributed by atoms with Gasteiger partial charge in [-0.2, -0.15) is 0 Å². The van der Waals surface area contributed by atoms with E-state index in [0.717, 1.165) is 41.0 Å². The van der Waals surface area contributed by atoms with Gasteiger partial charge in [0.2, 0.25) is 5.91 Å². The summed E-state index contributed by atoms with van der Waals surface area (Å²) in [6.07, 6.45) is 5.41. The second kappa shape index (κ2) is 11.8. The number of carbonyl (C=O) groups is 1. The van der Waals surface area contributed by atoms with Gasteiger partial charge in [-0.15, -0.1) is 5.10 Å². The number of aromatic nitrogens is 3. The molecule has 5 rings (SSSR count). The molecule has 43 heavy (non-hydrogen) atoms. The Morgan fingerprint density at radius 3 is 2.42 bits per heavy atom. The van der Waals surface area contributed by atoms with Crippen LogP contribution >= 0.6 is 0 Å². The van der Waals surface area contributed by atoms with E-state index in [0.29, 0.717) is 29.5 Å². The molecule has 1 amide bonds. The Balaban J connectivity index is 1.42. The van der Waals surface area contributed by atoms with Crippen LogP contribution in [0.3, 0.4) is 0 Å². The maximum atomic E-state index is 14.1. The minimum absolute atomic E-state index is 0.0773. The average molecular weight is 607 g/mol. The molecule has 10 nitrogen and oxygen atoms in total. The lowest BCUT2D eigenvalue weighted by molar-refractivity contribution is -0.124. The Bertz CT molecular complexity index is 1660. The van der Waals surface area contributed by atoms with Gasteiger partial charge in [0.25, 0.3) is 10.0 Å². The van der Waals surface area contributed by atoms with Crippen molar-refractivity contribution in [3.8, 4) is 5.75 Å². The second-order valence-corrected chi connectivity index (χ2v) is 13.8. The molecule has 1 aromatic heterocycles. The van der Waals surface area contributed by atoms with E-state index in [9.17, 15) is 13.2 Å². The molecule has 2 aliphatic heterocycles. The second-order valence-electron chi connectivity index (χ2n) is 12.1. The quantitative estimate of drug-likeness (QED) is 0.409. The molecular weight excluding hydrogens is 564 g/mol. The highest BCUT2D eigenvalue weighted by Crippen LogP contribution is 2.36.